The summed E-state index contributed by atoms with van der Waals surface area (Å²) in [7, 11) is 0. The van der Waals surface area contributed by atoms with Crippen LogP contribution in [-0.2, 0) is 9.59 Å². The van der Waals surface area contributed by atoms with Gasteiger partial charge in [-0.2, -0.15) is 0 Å². The Bertz CT molecular complexity index is 344. The third-order valence-electron chi connectivity index (χ3n) is 4.97. The first-order valence-corrected chi connectivity index (χ1v) is 7.54. The van der Waals surface area contributed by atoms with Crippen molar-refractivity contribution in [2.24, 2.45) is 10.8 Å². The van der Waals surface area contributed by atoms with Crippen molar-refractivity contribution in [3.05, 3.63) is 0 Å². The number of hydrogen-bond donors (Lipinski definition) is 3. The molecule has 1 amide bonds. The minimum Gasteiger partial charge on any atom is -0.481 e. The fraction of sp³-hybridized carbons (Fsp3) is 0.867. The van der Waals surface area contributed by atoms with Gasteiger partial charge in [0.25, 0.3) is 0 Å². The molecule has 0 bridgehead atoms. The summed E-state index contributed by atoms with van der Waals surface area (Å²) >= 11 is 0. The van der Waals surface area contributed by atoms with Crippen LogP contribution in [0.2, 0.25) is 0 Å². The molecule has 0 aliphatic heterocycles. The number of aliphatic carboxylic acids is 1. The summed E-state index contributed by atoms with van der Waals surface area (Å²) in [6, 6.07) is 0. The first kappa shape index (κ1) is 17.0. The van der Waals surface area contributed by atoms with Gasteiger partial charge in [-0.1, -0.05) is 26.7 Å². The summed E-state index contributed by atoms with van der Waals surface area (Å²) in [6.07, 6.45) is 4.91. The van der Waals surface area contributed by atoms with E-state index in [-0.39, 0.29) is 24.3 Å². The van der Waals surface area contributed by atoms with Crippen LogP contribution in [0.25, 0.3) is 0 Å². The second-order valence-corrected chi connectivity index (χ2v) is 6.11. The van der Waals surface area contributed by atoms with E-state index in [2.05, 4.69) is 5.32 Å². The molecule has 1 fully saturated rings. The Morgan fingerprint density at radius 3 is 2.15 bits per heavy atom. The summed E-state index contributed by atoms with van der Waals surface area (Å²) < 4.78 is 0. The maximum atomic E-state index is 12.0. The van der Waals surface area contributed by atoms with Gasteiger partial charge in [0, 0.05) is 18.4 Å². The number of carbonyl (C=O) groups is 2. The molecule has 1 aliphatic rings. The van der Waals surface area contributed by atoms with Crippen molar-refractivity contribution in [3.8, 4) is 0 Å². The number of amides is 1. The van der Waals surface area contributed by atoms with Gasteiger partial charge >= 0.3 is 5.97 Å². The van der Waals surface area contributed by atoms with Crippen molar-refractivity contribution in [2.45, 2.75) is 58.8 Å². The molecule has 1 aliphatic carbocycles. The van der Waals surface area contributed by atoms with Crippen LogP contribution in [0.4, 0.5) is 0 Å². The van der Waals surface area contributed by atoms with Crippen molar-refractivity contribution >= 4 is 11.9 Å². The van der Waals surface area contributed by atoms with Crippen molar-refractivity contribution in [3.63, 3.8) is 0 Å². The van der Waals surface area contributed by atoms with Crippen LogP contribution in [-0.4, -0.2) is 35.2 Å². The first-order chi connectivity index (χ1) is 9.43. The van der Waals surface area contributed by atoms with Gasteiger partial charge in [0.15, 0.2) is 0 Å². The zero-order valence-corrected chi connectivity index (χ0v) is 12.6. The molecule has 20 heavy (non-hydrogen) atoms. The van der Waals surface area contributed by atoms with Crippen molar-refractivity contribution in [1.82, 2.24) is 5.32 Å². The standard InChI is InChI=1S/C15H27NO4/c1-3-15(4-2,13(19)20)9-12(18)16-10-14(11-17)7-5-6-8-14/h17H,3-11H2,1-2H3,(H,16,18)(H,19,20). The SMILES string of the molecule is CCC(CC)(CC(=O)NCC1(CO)CCCC1)C(=O)O. The Kier molecular flexibility index (Phi) is 5.99. The molecule has 0 spiro atoms. The molecule has 0 saturated heterocycles. The minimum absolute atomic E-state index is 0.0108. The van der Waals surface area contributed by atoms with E-state index < -0.39 is 11.4 Å². The number of nitrogens with one attached hydrogen (secondary N) is 1. The average molecular weight is 285 g/mol. The van der Waals surface area contributed by atoms with Crippen LogP contribution in [0.1, 0.15) is 58.8 Å². The quantitative estimate of drug-likeness (QED) is 0.636. The molecule has 0 atom stereocenters. The van der Waals surface area contributed by atoms with Crippen molar-refractivity contribution in [2.75, 3.05) is 13.2 Å². The fourth-order valence-corrected chi connectivity index (χ4v) is 3.05. The van der Waals surface area contributed by atoms with E-state index >= 15 is 0 Å². The topological polar surface area (TPSA) is 86.6 Å². The van der Waals surface area contributed by atoms with Crippen LogP contribution in [0.5, 0.6) is 0 Å². The number of aliphatic hydroxyl groups is 1. The second kappa shape index (κ2) is 7.07. The van der Waals surface area contributed by atoms with Crippen LogP contribution < -0.4 is 5.32 Å². The Balaban J connectivity index is 2.56. The Morgan fingerprint density at radius 1 is 1.20 bits per heavy atom. The molecule has 0 aromatic carbocycles. The first-order valence-electron chi connectivity index (χ1n) is 7.54. The Labute approximate surface area is 120 Å². The van der Waals surface area contributed by atoms with Gasteiger partial charge in [-0.15, -0.1) is 0 Å². The molecule has 116 valence electrons. The third kappa shape index (κ3) is 3.72. The van der Waals surface area contributed by atoms with Gasteiger partial charge in [0.05, 0.1) is 12.0 Å². The fourth-order valence-electron chi connectivity index (χ4n) is 3.05. The third-order valence-corrected chi connectivity index (χ3v) is 4.97. The number of rotatable bonds is 8. The lowest BCUT2D eigenvalue weighted by Gasteiger charge is -2.29. The van der Waals surface area contributed by atoms with E-state index in [0.717, 1.165) is 25.7 Å². The second-order valence-electron chi connectivity index (χ2n) is 6.11. The Hall–Kier alpha value is -1.10. The summed E-state index contributed by atoms with van der Waals surface area (Å²) in [5.74, 6) is -1.13. The predicted octanol–water partition coefficient (Wildman–Crippen LogP) is 1.94. The number of carbonyl (C=O) groups excluding carboxylic acids is 1. The summed E-state index contributed by atoms with van der Waals surface area (Å²) in [5, 5.41) is 21.7. The lowest BCUT2D eigenvalue weighted by molar-refractivity contribution is -0.152. The molecular formula is C15H27NO4. The van der Waals surface area contributed by atoms with Gasteiger partial charge in [0.2, 0.25) is 5.91 Å². The highest BCUT2D eigenvalue weighted by Gasteiger charge is 2.38. The lowest BCUT2D eigenvalue weighted by Crippen LogP contribution is -2.42. The van der Waals surface area contributed by atoms with Gasteiger partial charge in [-0.05, 0) is 25.7 Å². The molecule has 0 radical (unpaired) electrons. The molecule has 3 N–H and O–H groups in total. The number of carboxylic acid groups (broad SMARTS) is 1. The van der Waals surface area contributed by atoms with E-state index in [1.165, 1.54) is 0 Å². The largest absolute Gasteiger partial charge is 0.481 e. The van der Waals surface area contributed by atoms with Crippen LogP contribution in [0.3, 0.4) is 0 Å². The summed E-state index contributed by atoms with van der Waals surface area (Å²) in [6.45, 7) is 4.14. The number of carboxylic acids is 1. The average Bonchev–Trinajstić information content (AvgIpc) is 2.92. The van der Waals surface area contributed by atoms with E-state index in [1.54, 1.807) is 13.8 Å². The highest BCUT2D eigenvalue weighted by molar-refractivity contribution is 5.84. The van der Waals surface area contributed by atoms with Crippen LogP contribution >= 0.6 is 0 Å². The van der Waals surface area contributed by atoms with Crippen LogP contribution in [0.15, 0.2) is 0 Å². The maximum absolute atomic E-state index is 12.0. The van der Waals surface area contributed by atoms with Gasteiger partial charge in [-0.25, -0.2) is 0 Å². The smallest absolute Gasteiger partial charge is 0.310 e. The van der Waals surface area contributed by atoms with E-state index in [4.69, 9.17) is 0 Å². The monoisotopic (exact) mass is 285 g/mol. The Morgan fingerprint density at radius 2 is 1.75 bits per heavy atom. The van der Waals surface area contributed by atoms with E-state index in [1.807, 2.05) is 0 Å². The van der Waals surface area contributed by atoms with Gasteiger partial charge in [0.1, 0.15) is 0 Å². The highest BCUT2D eigenvalue weighted by Crippen LogP contribution is 2.37. The zero-order chi connectivity index (χ0) is 15.2. The molecule has 5 heteroatoms. The molecule has 0 aromatic rings. The molecule has 1 saturated carbocycles. The normalized spacial score (nSPS) is 17.9. The minimum atomic E-state index is -0.966. The zero-order valence-electron chi connectivity index (χ0n) is 12.6. The van der Waals surface area contributed by atoms with Gasteiger partial charge in [-0.3, -0.25) is 9.59 Å². The molecule has 1 rings (SSSR count). The molecule has 5 nitrogen and oxygen atoms in total. The predicted molar refractivity (Wildman–Crippen MR) is 76.3 cm³/mol. The number of hydrogen-bond acceptors (Lipinski definition) is 3. The molecule has 0 aromatic heterocycles. The van der Waals surface area contributed by atoms with Crippen molar-refractivity contribution in [1.29, 1.82) is 0 Å². The van der Waals surface area contributed by atoms with Crippen molar-refractivity contribution < 1.29 is 19.8 Å². The van der Waals surface area contributed by atoms with Crippen LogP contribution in [0, 0.1) is 10.8 Å². The van der Waals surface area contributed by atoms with Gasteiger partial charge < -0.3 is 15.5 Å². The summed E-state index contributed by atoms with van der Waals surface area (Å²) in [4.78, 5) is 23.4. The molecular weight excluding hydrogens is 258 g/mol. The maximum Gasteiger partial charge on any atom is 0.310 e. The summed E-state index contributed by atoms with van der Waals surface area (Å²) in [5.41, 5.74) is -1.16. The molecule has 0 heterocycles. The highest BCUT2D eigenvalue weighted by atomic mass is 16.4. The van der Waals surface area contributed by atoms with E-state index in [9.17, 15) is 19.8 Å². The van der Waals surface area contributed by atoms with E-state index in [0.29, 0.717) is 19.4 Å². The lowest BCUT2D eigenvalue weighted by atomic mass is 9.79. The molecule has 0 unspecified atom stereocenters. The number of aliphatic hydroxyl groups excluding tert-OH is 1.